The Bertz CT molecular complexity index is 2410. The van der Waals surface area contributed by atoms with Gasteiger partial charge >= 0.3 is 23.9 Å². The number of nitrogens with zero attached hydrogens (tertiary/aromatic N) is 2. The molecule has 7 atom stereocenters. The van der Waals surface area contributed by atoms with Gasteiger partial charge in [0.2, 0.25) is 6.79 Å². The standard InChI is InChI=1S/C44H49N3O14S/c1-18-11-22-12-24-32(31(41(51)56-7)42(52)57-8)47-25-15-58-43(53)44(23-14-27(54-5)26(49)13-21(23)9-10-45-44)16-62-40(34(47)33(46(24)4)28(22)35(50)36(18)55-6)30-29(25)39-38(59-17-60-39)19(2)37(30)61-20(3)48/h11,13-14,24-25,31-34,40,45,49-50H,9-10,12,15-17H2,1-8H3/t24?,25-,32-,33?,34?,40-,44-/m1/s1. The average molecular weight is 876 g/mol. The van der Waals surface area contributed by atoms with Gasteiger partial charge in [0, 0.05) is 53.6 Å². The van der Waals surface area contributed by atoms with Gasteiger partial charge in [-0.1, -0.05) is 6.07 Å². The first-order valence-corrected chi connectivity index (χ1v) is 21.4. The van der Waals surface area contributed by atoms with Crippen molar-refractivity contribution in [2.24, 2.45) is 5.92 Å². The van der Waals surface area contributed by atoms with E-state index in [0.717, 1.165) is 11.1 Å². The van der Waals surface area contributed by atoms with Gasteiger partial charge in [0.25, 0.3) is 0 Å². The van der Waals surface area contributed by atoms with Crippen molar-refractivity contribution in [3.63, 3.8) is 0 Å². The van der Waals surface area contributed by atoms with Crippen molar-refractivity contribution in [3.05, 3.63) is 62.7 Å². The van der Waals surface area contributed by atoms with Gasteiger partial charge in [0.15, 0.2) is 46.0 Å². The van der Waals surface area contributed by atoms with E-state index >= 15 is 4.79 Å². The number of aromatic hydroxyl groups is 2. The maximum atomic E-state index is 15.0. The van der Waals surface area contributed by atoms with Gasteiger partial charge in [-0.3, -0.25) is 29.5 Å². The number of carbonyl (C=O) groups is 4. The first-order valence-electron chi connectivity index (χ1n) is 20.4. The summed E-state index contributed by atoms with van der Waals surface area (Å²) in [5, 5.41) is 25.8. The monoisotopic (exact) mass is 875 g/mol. The Labute approximate surface area is 361 Å². The Morgan fingerprint density at radius 2 is 1.66 bits per heavy atom. The van der Waals surface area contributed by atoms with Crippen LogP contribution in [0.5, 0.6) is 40.2 Å². The number of esters is 4. The fraction of sp³-hybridized carbons (Fsp3) is 0.500. The maximum absolute atomic E-state index is 15.0. The highest BCUT2D eigenvalue weighted by atomic mass is 32.2. The van der Waals surface area contributed by atoms with Gasteiger partial charge < -0.3 is 48.1 Å². The molecule has 0 aromatic heterocycles. The number of likely N-dealkylation sites (N-methyl/N-ethyl adjacent to an activating group) is 1. The minimum absolute atomic E-state index is 0.0386. The molecule has 7 aliphatic rings. The molecule has 10 rings (SSSR count). The van der Waals surface area contributed by atoms with Crippen LogP contribution in [0.2, 0.25) is 0 Å². The van der Waals surface area contributed by atoms with Gasteiger partial charge in [-0.25, -0.2) is 4.79 Å². The molecule has 7 aliphatic heterocycles. The lowest BCUT2D eigenvalue weighted by atomic mass is 9.69. The molecule has 7 heterocycles. The van der Waals surface area contributed by atoms with E-state index in [1.165, 1.54) is 47.1 Å². The highest BCUT2D eigenvalue weighted by Gasteiger charge is 2.64. The quantitative estimate of drug-likeness (QED) is 0.141. The molecule has 17 nitrogen and oxygen atoms in total. The molecular weight excluding hydrogens is 827 g/mol. The Balaban J connectivity index is 1.38. The predicted molar refractivity (Wildman–Crippen MR) is 220 cm³/mol. The lowest BCUT2D eigenvalue weighted by Gasteiger charge is -2.64. The van der Waals surface area contributed by atoms with E-state index in [1.54, 1.807) is 19.1 Å². The van der Waals surface area contributed by atoms with Crippen molar-refractivity contribution in [2.45, 2.75) is 74.6 Å². The number of phenolic OH excluding ortho intramolecular Hbond substituents is 2. The van der Waals surface area contributed by atoms with E-state index in [4.69, 9.17) is 37.9 Å². The van der Waals surface area contributed by atoms with Gasteiger partial charge in [-0.05, 0) is 68.1 Å². The predicted octanol–water partition coefficient (Wildman–Crippen LogP) is 3.43. The number of aryl methyl sites for hydroxylation is 1. The number of hydrogen-bond donors (Lipinski definition) is 3. The third kappa shape index (κ3) is 5.93. The summed E-state index contributed by atoms with van der Waals surface area (Å²) < 4.78 is 47.1. The lowest BCUT2D eigenvalue weighted by molar-refractivity contribution is -0.178. The molecule has 18 heteroatoms. The van der Waals surface area contributed by atoms with Crippen molar-refractivity contribution in [1.29, 1.82) is 0 Å². The van der Waals surface area contributed by atoms with Crippen LogP contribution in [0.1, 0.15) is 68.8 Å². The molecule has 0 amide bonds. The maximum Gasteiger partial charge on any atom is 0.331 e. The fourth-order valence-corrected chi connectivity index (χ4v) is 12.8. The number of benzene rings is 3. The minimum Gasteiger partial charge on any atom is -0.504 e. The summed E-state index contributed by atoms with van der Waals surface area (Å²) in [6, 6.07) is 1.27. The van der Waals surface area contributed by atoms with Crippen LogP contribution >= 0.6 is 11.8 Å². The van der Waals surface area contributed by atoms with Gasteiger partial charge in [-0.2, -0.15) is 0 Å². The van der Waals surface area contributed by atoms with E-state index in [-0.39, 0.29) is 42.2 Å². The summed E-state index contributed by atoms with van der Waals surface area (Å²) in [6.07, 6.45) is 0.798. The number of nitrogens with one attached hydrogen (secondary N) is 1. The van der Waals surface area contributed by atoms with E-state index in [2.05, 4.69) is 10.2 Å². The zero-order chi connectivity index (χ0) is 44.1. The number of fused-ring (bicyclic) bond motifs is 9. The Hall–Kier alpha value is -5.43. The van der Waals surface area contributed by atoms with Crippen LogP contribution < -0.4 is 29.0 Å². The van der Waals surface area contributed by atoms with Gasteiger partial charge in [0.1, 0.15) is 12.4 Å². The summed E-state index contributed by atoms with van der Waals surface area (Å²) in [4.78, 5) is 60.5. The number of piperazine rings is 1. The van der Waals surface area contributed by atoms with Crippen molar-refractivity contribution >= 4 is 35.6 Å². The van der Waals surface area contributed by atoms with Crippen LogP contribution in [0.4, 0.5) is 0 Å². The summed E-state index contributed by atoms with van der Waals surface area (Å²) >= 11 is 1.39. The molecule has 0 saturated carbocycles. The third-order valence-electron chi connectivity index (χ3n) is 13.6. The average Bonchev–Trinajstić information content (AvgIpc) is 3.74. The summed E-state index contributed by atoms with van der Waals surface area (Å²) in [5.74, 6) is -2.98. The number of carbonyl (C=O) groups excluding carboxylic acids is 4. The molecule has 3 aromatic carbocycles. The molecule has 0 aliphatic carbocycles. The first-order chi connectivity index (χ1) is 29.7. The number of ether oxygens (including phenoxy) is 8. The molecule has 3 aromatic rings. The van der Waals surface area contributed by atoms with Crippen molar-refractivity contribution in [3.8, 4) is 40.2 Å². The summed E-state index contributed by atoms with van der Waals surface area (Å²) in [5.41, 5.74) is 3.52. The second-order valence-corrected chi connectivity index (χ2v) is 17.7. The van der Waals surface area contributed by atoms with E-state index in [9.17, 15) is 24.6 Å². The van der Waals surface area contributed by atoms with Crippen LogP contribution in [0.3, 0.4) is 0 Å². The van der Waals surface area contributed by atoms with Gasteiger partial charge in [0.05, 0.1) is 51.8 Å². The van der Waals surface area contributed by atoms with Crippen LogP contribution in [0, 0.1) is 19.8 Å². The summed E-state index contributed by atoms with van der Waals surface area (Å²) in [7, 11) is 7.26. The highest BCUT2D eigenvalue weighted by molar-refractivity contribution is 7.99. The zero-order valence-electron chi connectivity index (χ0n) is 35.6. The SMILES string of the molecule is COC(=O)C(C(=O)OC)[C@H]1C2Cc3cc(C)c(OC)c(O)c3C(C3[C@@H]4SC[C@]5(NCCc6cc(O)c(OC)cc65)C(=O)OC[C@H](c5c6c(c(C)c(OC(C)=O)c54)OCO6)N31)N2C. The Morgan fingerprint density at radius 3 is 2.34 bits per heavy atom. The number of phenols is 2. The van der Waals surface area contributed by atoms with E-state index < -0.39 is 70.8 Å². The highest BCUT2D eigenvalue weighted by Crippen LogP contribution is 2.65. The number of hydrogen-bond acceptors (Lipinski definition) is 18. The molecule has 3 unspecified atom stereocenters. The molecule has 2 saturated heterocycles. The van der Waals surface area contributed by atoms with Crippen LogP contribution in [0.15, 0.2) is 18.2 Å². The third-order valence-corrected chi connectivity index (χ3v) is 15.1. The topological polar surface area (TPSA) is 201 Å². The second kappa shape index (κ2) is 15.4. The molecule has 1 spiro atoms. The number of rotatable bonds is 6. The van der Waals surface area contributed by atoms with Crippen LogP contribution in [-0.2, 0) is 51.8 Å². The molecular formula is C44H49N3O14S. The number of methoxy groups -OCH3 is 4. The van der Waals surface area contributed by atoms with E-state index in [1.807, 2.05) is 24.9 Å². The van der Waals surface area contributed by atoms with Crippen molar-refractivity contribution in [2.75, 3.05) is 61.2 Å². The largest absolute Gasteiger partial charge is 0.504 e. The Kier molecular flexibility index (Phi) is 10.4. The summed E-state index contributed by atoms with van der Waals surface area (Å²) in [6.45, 7) is 4.83. The molecule has 330 valence electrons. The van der Waals surface area contributed by atoms with Crippen LogP contribution in [-0.4, -0.2) is 123 Å². The van der Waals surface area contributed by atoms with Gasteiger partial charge in [-0.15, -0.1) is 11.8 Å². The first kappa shape index (κ1) is 41.9. The minimum atomic E-state index is -1.49. The molecule has 0 radical (unpaired) electrons. The Morgan fingerprint density at radius 1 is 0.935 bits per heavy atom. The zero-order valence-corrected chi connectivity index (χ0v) is 36.4. The molecule has 2 fully saturated rings. The normalized spacial score (nSPS) is 27.0. The van der Waals surface area contributed by atoms with E-state index in [0.29, 0.717) is 70.0 Å². The second-order valence-electron chi connectivity index (χ2n) is 16.5. The molecule has 3 N–H and O–H groups in total. The van der Waals surface area contributed by atoms with Crippen molar-refractivity contribution in [1.82, 2.24) is 15.1 Å². The fourth-order valence-electron chi connectivity index (χ4n) is 11.1. The van der Waals surface area contributed by atoms with Crippen LogP contribution in [0.25, 0.3) is 0 Å². The molecule has 4 bridgehead atoms. The number of thioether (sulfide) groups is 1. The van der Waals surface area contributed by atoms with Crippen molar-refractivity contribution < 1.29 is 67.3 Å². The molecule has 62 heavy (non-hydrogen) atoms. The lowest BCUT2D eigenvalue weighted by Crippen LogP contribution is -2.72. The smallest absolute Gasteiger partial charge is 0.331 e.